The lowest BCUT2D eigenvalue weighted by Gasteiger charge is -2.21. The number of hydrogen-bond acceptors (Lipinski definition) is 1. The van der Waals surface area contributed by atoms with E-state index in [1.807, 2.05) is 19.1 Å². The quantitative estimate of drug-likeness (QED) is 0.834. The summed E-state index contributed by atoms with van der Waals surface area (Å²) in [5.41, 5.74) is 2.63. The maximum atomic E-state index is 12.2. The van der Waals surface area contributed by atoms with Crippen LogP contribution in [-0.4, -0.2) is 17.8 Å². The SMILES string of the molecule is CC(CCl)C(C)NC(=O)C1Cc2ccccc2C1. The van der Waals surface area contributed by atoms with Crippen molar-refractivity contribution in [3.8, 4) is 0 Å². The molecule has 2 unspecified atom stereocenters. The summed E-state index contributed by atoms with van der Waals surface area (Å²) in [4.78, 5) is 12.2. The first-order chi connectivity index (χ1) is 8.61. The molecule has 18 heavy (non-hydrogen) atoms. The standard InChI is InChI=1S/C15H20ClNO/c1-10(9-16)11(2)17-15(18)14-7-12-5-3-4-6-13(12)8-14/h3-6,10-11,14H,7-9H2,1-2H3,(H,17,18). The summed E-state index contributed by atoms with van der Waals surface area (Å²) in [5, 5.41) is 3.08. The molecule has 0 aliphatic heterocycles. The Morgan fingerprint density at radius 1 is 1.33 bits per heavy atom. The highest BCUT2D eigenvalue weighted by Crippen LogP contribution is 2.26. The largest absolute Gasteiger partial charge is 0.353 e. The summed E-state index contributed by atoms with van der Waals surface area (Å²) in [6.45, 7) is 4.08. The van der Waals surface area contributed by atoms with Gasteiger partial charge in [-0.15, -0.1) is 11.6 Å². The number of alkyl halides is 1. The molecule has 0 fully saturated rings. The molecule has 0 heterocycles. The molecule has 2 atom stereocenters. The highest BCUT2D eigenvalue weighted by atomic mass is 35.5. The summed E-state index contributed by atoms with van der Waals surface area (Å²) in [5.74, 6) is 1.13. The van der Waals surface area contributed by atoms with Crippen molar-refractivity contribution in [1.82, 2.24) is 5.32 Å². The number of amides is 1. The number of nitrogens with one attached hydrogen (secondary N) is 1. The second-order valence-corrected chi connectivity index (χ2v) is 5.61. The first-order valence-electron chi connectivity index (χ1n) is 6.55. The Hall–Kier alpha value is -1.02. The molecule has 0 spiro atoms. The zero-order valence-corrected chi connectivity index (χ0v) is 11.7. The molecule has 0 bridgehead atoms. The second-order valence-electron chi connectivity index (χ2n) is 5.30. The van der Waals surface area contributed by atoms with Gasteiger partial charge in [0.1, 0.15) is 0 Å². The van der Waals surface area contributed by atoms with Crippen LogP contribution in [0.5, 0.6) is 0 Å². The third-order valence-corrected chi connectivity index (χ3v) is 4.38. The van der Waals surface area contributed by atoms with Crippen molar-refractivity contribution >= 4 is 17.5 Å². The summed E-state index contributed by atoms with van der Waals surface area (Å²) in [6.07, 6.45) is 1.73. The van der Waals surface area contributed by atoms with E-state index in [2.05, 4.69) is 24.4 Å². The van der Waals surface area contributed by atoms with Gasteiger partial charge in [0.2, 0.25) is 5.91 Å². The number of carbonyl (C=O) groups is 1. The third kappa shape index (κ3) is 2.86. The number of hydrogen-bond donors (Lipinski definition) is 1. The Labute approximate surface area is 114 Å². The highest BCUT2D eigenvalue weighted by Gasteiger charge is 2.28. The van der Waals surface area contributed by atoms with E-state index in [0.29, 0.717) is 11.8 Å². The molecule has 1 aromatic carbocycles. The fraction of sp³-hybridized carbons (Fsp3) is 0.533. The van der Waals surface area contributed by atoms with Crippen LogP contribution in [0.15, 0.2) is 24.3 Å². The summed E-state index contributed by atoms with van der Waals surface area (Å²) < 4.78 is 0. The maximum absolute atomic E-state index is 12.2. The molecule has 1 aliphatic rings. The van der Waals surface area contributed by atoms with Crippen molar-refractivity contribution in [2.75, 3.05) is 5.88 Å². The molecule has 0 aromatic heterocycles. The van der Waals surface area contributed by atoms with E-state index >= 15 is 0 Å². The minimum Gasteiger partial charge on any atom is -0.353 e. The predicted octanol–water partition coefficient (Wildman–Crippen LogP) is 2.78. The molecule has 98 valence electrons. The van der Waals surface area contributed by atoms with Crippen LogP contribution in [0.25, 0.3) is 0 Å². The number of benzene rings is 1. The van der Waals surface area contributed by atoms with Crippen molar-refractivity contribution in [3.05, 3.63) is 35.4 Å². The van der Waals surface area contributed by atoms with E-state index < -0.39 is 0 Å². The van der Waals surface area contributed by atoms with Crippen LogP contribution in [0.4, 0.5) is 0 Å². The molecule has 1 aromatic rings. The van der Waals surface area contributed by atoms with E-state index in [-0.39, 0.29) is 17.9 Å². The molecule has 1 aliphatic carbocycles. The van der Waals surface area contributed by atoms with Gasteiger partial charge in [-0.3, -0.25) is 4.79 Å². The summed E-state index contributed by atoms with van der Waals surface area (Å²) in [7, 11) is 0. The molecule has 0 saturated heterocycles. The van der Waals surface area contributed by atoms with Crippen LogP contribution in [0.2, 0.25) is 0 Å². The molecule has 2 nitrogen and oxygen atoms in total. The molecular weight excluding hydrogens is 246 g/mol. The fourth-order valence-electron chi connectivity index (χ4n) is 2.36. The average Bonchev–Trinajstić information content (AvgIpc) is 2.81. The second kappa shape index (κ2) is 5.75. The van der Waals surface area contributed by atoms with Gasteiger partial charge in [0, 0.05) is 17.8 Å². The number of carbonyl (C=O) groups excluding carboxylic acids is 1. The van der Waals surface area contributed by atoms with Gasteiger partial charge in [0.25, 0.3) is 0 Å². The Morgan fingerprint density at radius 2 is 1.89 bits per heavy atom. The molecule has 0 radical (unpaired) electrons. The van der Waals surface area contributed by atoms with Crippen LogP contribution in [0, 0.1) is 11.8 Å². The fourth-order valence-corrected chi connectivity index (χ4v) is 2.63. The highest BCUT2D eigenvalue weighted by molar-refractivity contribution is 6.18. The molecule has 1 N–H and O–H groups in total. The van der Waals surface area contributed by atoms with E-state index in [9.17, 15) is 4.79 Å². The lowest BCUT2D eigenvalue weighted by molar-refractivity contribution is -0.125. The molecule has 3 heteroatoms. The first kappa shape index (κ1) is 13.4. The number of rotatable bonds is 4. The average molecular weight is 266 g/mol. The van der Waals surface area contributed by atoms with Crippen molar-refractivity contribution < 1.29 is 4.79 Å². The van der Waals surface area contributed by atoms with E-state index in [1.165, 1.54) is 11.1 Å². The number of fused-ring (bicyclic) bond motifs is 1. The van der Waals surface area contributed by atoms with Gasteiger partial charge in [-0.05, 0) is 36.8 Å². The third-order valence-electron chi connectivity index (χ3n) is 3.89. The minimum absolute atomic E-state index is 0.0902. The first-order valence-corrected chi connectivity index (χ1v) is 7.08. The monoisotopic (exact) mass is 265 g/mol. The van der Waals surface area contributed by atoms with Gasteiger partial charge >= 0.3 is 0 Å². The number of halogens is 1. The smallest absolute Gasteiger partial charge is 0.223 e. The van der Waals surface area contributed by atoms with E-state index in [4.69, 9.17) is 11.6 Å². The van der Waals surface area contributed by atoms with Crippen molar-refractivity contribution in [2.24, 2.45) is 11.8 Å². The van der Waals surface area contributed by atoms with Crippen LogP contribution >= 0.6 is 11.6 Å². The van der Waals surface area contributed by atoms with E-state index in [1.54, 1.807) is 0 Å². The van der Waals surface area contributed by atoms with Gasteiger partial charge in [0.15, 0.2) is 0 Å². The lowest BCUT2D eigenvalue weighted by atomic mass is 10.0. The Kier molecular flexibility index (Phi) is 4.28. The molecule has 2 rings (SSSR count). The predicted molar refractivity (Wildman–Crippen MR) is 74.8 cm³/mol. The summed E-state index contributed by atoms with van der Waals surface area (Å²) >= 11 is 5.81. The van der Waals surface area contributed by atoms with Gasteiger partial charge < -0.3 is 5.32 Å². The van der Waals surface area contributed by atoms with Gasteiger partial charge in [-0.25, -0.2) is 0 Å². The minimum atomic E-state index is 0.0902. The zero-order chi connectivity index (χ0) is 13.1. The summed E-state index contributed by atoms with van der Waals surface area (Å²) in [6, 6.07) is 8.45. The lowest BCUT2D eigenvalue weighted by Crippen LogP contribution is -2.41. The molecular formula is C15H20ClNO. The van der Waals surface area contributed by atoms with Crippen molar-refractivity contribution in [2.45, 2.75) is 32.7 Å². The van der Waals surface area contributed by atoms with Crippen molar-refractivity contribution in [1.29, 1.82) is 0 Å². The maximum Gasteiger partial charge on any atom is 0.223 e. The Balaban J connectivity index is 1.93. The van der Waals surface area contributed by atoms with Crippen LogP contribution in [0.1, 0.15) is 25.0 Å². The Bertz CT molecular complexity index is 407. The van der Waals surface area contributed by atoms with E-state index in [0.717, 1.165) is 12.8 Å². The normalized spacial score (nSPS) is 18.2. The zero-order valence-electron chi connectivity index (χ0n) is 10.9. The van der Waals surface area contributed by atoms with Crippen LogP contribution in [0.3, 0.4) is 0 Å². The molecule has 0 saturated carbocycles. The topological polar surface area (TPSA) is 29.1 Å². The molecule has 1 amide bonds. The van der Waals surface area contributed by atoms with Crippen molar-refractivity contribution in [3.63, 3.8) is 0 Å². The van der Waals surface area contributed by atoms with Gasteiger partial charge in [-0.1, -0.05) is 31.2 Å². The van der Waals surface area contributed by atoms with Crippen LogP contribution < -0.4 is 5.32 Å². The Morgan fingerprint density at radius 3 is 2.39 bits per heavy atom. The van der Waals surface area contributed by atoms with Gasteiger partial charge in [-0.2, -0.15) is 0 Å². The van der Waals surface area contributed by atoms with Gasteiger partial charge in [0.05, 0.1) is 0 Å². The van der Waals surface area contributed by atoms with Crippen LogP contribution in [-0.2, 0) is 17.6 Å².